The number of carbonyl (C=O) groups is 4. The highest BCUT2D eigenvalue weighted by molar-refractivity contribution is 5.89. The molecule has 8 rings (SSSR count). The average molecular weight is 879 g/mol. The molecule has 4 saturated carbocycles. The van der Waals surface area contributed by atoms with Crippen LogP contribution in [0.4, 0.5) is 0 Å². The maximum Gasteiger partial charge on any atom is 0.331 e. The number of Topliss-reactive ketones (excluding diaryl/α,β-unsaturated/α-hetero) is 1. The lowest BCUT2D eigenvalue weighted by atomic mass is 9.34. The third-order valence-electron chi connectivity index (χ3n) is 17.3. The molecular weight excluding hydrogens is 813 g/mol. The smallest absolute Gasteiger partial charge is 0.331 e. The van der Waals surface area contributed by atoms with Gasteiger partial charge in [0.25, 0.3) is 0 Å². The van der Waals surface area contributed by atoms with E-state index in [2.05, 4.69) is 48.1 Å². The number of hydrogen-bond donors (Lipinski definition) is 0. The number of epoxide rings is 1. The first-order valence-corrected chi connectivity index (χ1v) is 23.6. The molecule has 1 heterocycles. The third-order valence-corrected chi connectivity index (χ3v) is 17.3. The minimum absolute atomic E-state index is 0.0117. The number of carbonyl (C=O) groups excluding carboxylic acids is 4. The highest BCUT2D eigenvalue weighted by atomic mass is 16.6. The van der Waals surface area contributed by atoms with Crippen LogP contribution in [0.25, 0.3) is 18.2 Å². The van der Waals surface area contributed by atoms with Crippen molar-refractivity contribution in [3.05, 3.63) is 138 Å². The van der Waals surface area contributed by atoms with Gasteiger partial charge in [-0.2, -0.15) is 0 Å². The lowest BCUT2D eigenvalue weighted by Crippen LogP contribution is -2.69. The Balaban J connectivity index is 1.12. The summed E-state index contributed by atoms with van der Waals surface area (Å²) < 4.78 is 26.5. The van der Waals surface area contributed by atoms with E-state index in [9.17, 15) is 19.2 Å². The largest absolute Gasteiger partial charge is 0.459 e. The molecule has 4 aliphatic carbocycles. The molecule has 1 saturated heterocycles. The van der Waals surface area contributed by atoms with E-state index in [-0.39, 0.29) is 34.0 Å². The van der Waals surface area contributed by atoms with Gasteiger partial charge in [-0.1, -0.05) is 139 Å². The lowest BCUT2D eigenvalue weighted by molar-refractivity contribution is -0.247. The standard InChI is InChI=1S/C57H66O8/c1-38(2)50(64-49(61)29-26-42-22-16-11-17-23-42)43(62-47(59)27-24-40-18-12-9-13-19-40)36-39(3)56-35-34-55(8)54(7)33-30-45-52(4,5)46(58)31-32-53(45,6)51(54)44(37-57(55,56)65-56)63-48(60)28-25-41-20-14-10-15-21-41/h9-29,39,43-45,50-51H,1,30-37H2,2-8H3/b27-24+,28-25+,29-26+/t39-,43+,44+,45+,50+,51+,53+,54+,55-,56-,57-/m1/s1. The summed E-state index contributed by atoms with van der Waals surface area (Å²) in [7, 11) is 0. The third kappa shape index (κ3) is 8.08. The van der Waals surface area contributed by atoms with E-state index >= 15 is 0 Å². The molecule has 11 atom stereocenters. The molecule has 0 aromatic heterocycles. The molecular formula is C57H66O8. The zero-order valence-corrected chi connectivity index (χ0v) is 39.2. The Hall–Kier alpha value is -5.34. The van der Waals surface area contributed by atoms with Crippen LogP contribution in [0.5, 0.6) is 0 Å². The number of fused-ring (bicyclic) bond motifs is 4. The fraction of sp³-hybridized carbons (Fsp3) is 0.474. The van der Waals surface area contributed by atoms with Gasteiger partial charge in [0.15, 0.2) is 6.10 Å². The lowest BCUT2D eigenvalue weighted by Gasteiger charge is -2.69. The number of esters is 3. The highest BCUT2D eigenvalue weighted by Gasteiger charge is 2.89. The second-order valence-corrected chi connectivity index (χ2v) is 21.0. The van der Waals surface area contributed by atoms with Gasteiger partial charge in [0.05, 0.1) is 0 Å². The Morgan fingerprint density at radius 2 is 1.26 bits per heavy atom. The normalized spacial score (nSPS) is 33.5. The maximum absolute atomic E-state index is 14.0. The molecule has 0 N–H and O–H groups in total. The van der Waals surface area contributed by atoms with Crippen LogP contribution in [0.1, 0.15) is 117 Å². The van der Waals surface area contributed by atoms with E-state index in [0.29, 0.717) is 30.6 Å². The summed E-state index contributed by atoms with van der Waals surface area (Å²) in [6.45, 7) is 19.6. The summed E-state index contributed by atoms with van der Waals surface area (Å²) >= 11 is 0. The average Bonchev–Trinajstić information content (AvgIpc) is 3.87. The molecule has 3 aromatic carbocycles. The monoisotopic (exact) mass is 878 g/mol. The Labute approximate surface area is 385 Å². The molecule has 342 valence electrons. The zero-order chi connectivity index (χ0) is 46.4. The van der Waals surface area contributed by atoms with Crippen LogP contribution in [0.15, 0.2) is 121 Å². The minimum atomic E-state index is -0.940. The van der Waals surface area contributed by atoms with Crippen molar-refractivity contribution in [2.75, 3.05) is 0 Å². The van der Waals surface area contributed by atoms with Crippen LogP contribution in [0.3, 0.4) is 0 Å². The summed E-state index contributed by atoms with van der Waals surface area (Å²) in [6, 6.07) is 28.8. The van der Waals surface area contributed by atoms with Crippen molar-refractivity contribution in [1.29, 1.82) is 0 Å². The molecule has 0 unspecified atom stereocenters. The molecule has 0 bridgehead atoms. The van der Waals surface area contributed by atoms with Crippen molar-refractivity contribution in [3.63, 3.8) is 0 Å². The predicted molar refractivity (Wildman–Crippen MR) is 254 cm³/mol. The van der Waals surface area contributed by atoms with E-state index in [1.165, 1.54) is 18.2 Å². The second kappa shape index (κ2) is 17.5. The minimum Gasteiger partial charge on any atom is -0.459 e. The van der Waals surface area contributed by atoms with Crippen molar-refractivity contribution in [2.24, 2.45) is 39.4 Å². The van der Waals surface area contributed by atoms with Crippen LogP contribution < -0.4 is 0 Å². The van der Waals surface area contributed by atoms with Crippen LogP contribution in [-0.4, -0.2) is 53.2 Å². The number of rotatable bonds is 14. The van der Waals surface area contributed by atoms with Gasteiger partial charge in [-0.05, 0) is 109 Å². The quantitative estimate of drug-likeness (QED) is 0.0518. The Morgan fingerprint density at radius 1 is 0.738 bits per heavy atom. The van der Waals surface area contributed by atoms with Crippen LogP contribution in [0, 0.1) is 39.4 Å². The SMILES string of the molecule is C=C(C)[C@H](OC(=O)/C=C/c1ccccc1)[C@H](C[C@@H](C)[C@]12CC[C@@]3(C)[C@@]1(C[C@H](OC(=O)/C=C/c1ccccc1)[C@H]1[C@@]4(C)CCC(=O)C(C)(C)[C@@H]4CC[C@@]13C)O2)OC(=O)/C=C/c1ccccc1. The molecule has 5 aliphatic rings. The Morgan fingerprint density at radius 3 is 1.80 bits per heavy atom. The summed E-state index contributed by atoms with van der Waals surface area (Å²) in [5.41, 5.74) is 0.553. The van der Waals surface area contributed by atoms with Crippen molar-refractivity contribution in [1.82, 2.24) is 0 Å². The van der Waals surface area contributed by atoms with Crippen molar-refractivity contribution in [3.8, 4) is 0 Å². The molecule has 0 amide bonds. The van der Waals surface area contributed by atoms with Gasteiger partial charge in [0.1, 0.15) is 29.2 Å². The molecule has 8 nitrogen and oxygen atoms in total. The molecule has 5 fully saturated rings. The topological polar surface area (TPSA) is 108 Å². The first-order chi connectivity index (χ1) is 30.9. The first-order valence-electron chi connectivity index (χ1n) is 23.6. The van der Waals surface area contributed by atoms with Crippen LogP contribution >= 0.6 is 0 Å². The molecule has 0 radical (unpaired) electrons. The van der Waals surface area contributed by atoms with Gasteiger partial charge in [-0.15, -0.1) is 0 Å². The molecule has 3 aromatic rings. The van der Waals surface area contributed by atoms with Gasteiger partial charge in [-0.3, -0.25) is 4.79 Å². The van der Waals surface area contributed by atoms with Crippen LogP contribution in [0.2, 0.25) is 0 Å². The number of ketones is 1. The summed E-state index contributed by atoms with van der Waals surface area (Å²) in [6.07, 6.45) is 12.8. The number of ether oxygens (including phenoxy) is 4. The summed E-state index contributed by atoms with van der Waals surface area (Å²) in [4.78, 5) is 54.8. The van der Waals surface area contributed by atoms with E-state index in [1.54, 1.807) is 25.2 Å². The zero-order valence-electron chi connectivity index (χ0n) is 39.2. The fourth-order valence-corrected chi connectivity index (χ4v) is 13.9. The van der Waals surface area contributed by atoms with E-state index < -0.39 is 52.8 Å². The van der Waals surface area contributed by atoms with Gasteiger partial charge >= 0.3 is 17.9 Å². The fourth-order valence-electron chi connectivity index (χ4n) is 13.9. The van der Waals surface area contributed by atoms with Crippen molar-refractivity contribution < 1.29 is 38.1 Å². The molecule has 65 heavy (non-hydrogen) atoms. The van der Waals surface area contributed by atoms with Gasteiger partial charge < -0.3 is 18.9 Å². The highest BCUT2D eigenvalue weighted by Crippen LogP contribution is 2.84. The molecule has 1 aliphatic heterocycles. The van der Waals surface area contributed by atoms with Crippen molar-refractivity contribution >= 4 is 41.9 Å². The second-order valence-electron chi connectivity index (χ2n) is 21.0. The Kier molecular flexibility index (Phi) is 12.4. The molecule has 1 spiro atoms. The maximum atomic E-state index is 14.0. The van der Waals surface area contributed by atoms with Gasteiger partial charge in [0, 0.05) is 47.8 Å². The van der Waals surface area contributed by atoms with Gasteiger partial charge in [0.2, 0.25) is 0 Å². The molecule has 8 heteroatoms. The summed E-state index contributed by atoms with van der Waals surface area (Å²) in [5.74, 6) is -1.24. The first kappa shape index (κ1) is 46.2. The predicted octanol–water partition coefficient (Wildman–Crippen LogP) is 11.6. The summed E-state index contributed by atoms with van der Waals surface area (Å²) in [5, 5.41) is 0. The van der Waals surface area contributed by atoms with E-state index in [1.807, 2.05) is 91.0 Å². The van der Waals surface area contributed by atoms with Crippen LogP contribution in [-0.2, 0) is 38.1 Å². The Bertz CT molecular complexity index is 2380. The number of benzene rings is 3. The number of hydrogen-bond acceptors (Lipinski definition) is 8. The van der Waals surface area contributed by atoms with Gasteiger partial charge in [-0.25, -0.2) is 14.4 Å². The van der Waals surface area contributed by atoms with Crippen molar-refractivity contribution in [2.45, 2.75) is 129 Å². The van der Waals surface area contributed by atoms with E-state index in [4.69, 9.17) is 18.9 Å². The van der Waals surface area contributed by atoms with E-state index in [0.717, 1.165) is 48.8 Å².